The lowest BCUT2D eigenvalue weighted by molar-refractivity contribution is -0.385. The van der Waals surface area contributed by atoms with Crippen molar-refractivity contribution in [3.63, 3.8) is 0 Å². The fraction of sp³-hybridized carbons (Fsp3) is 0.632. The van der Waals surface area contributed by atoms with Gasteiger partial charge in [0.2, 0.25) is 0 Å². The molecule has 1 saturated heterocycles. The number of rotatable bonds is 6. The molecule has 2 fully saturated rings. The number of morpholine rings is 1. The van der Waals surface area contributed by atoms with Gasteiger partial charge in [0, 0.05) is 36.1 Å². The van der Waals surface area contributed by atoms with Crippen LogP contribution in [0.25, 0.3) is 0 Å². The first-order chi connectivity index (χ1) is 13.1. The van der Waals surface area contributed by atoms with Gasteiger partial charge in [-0.2, -0.15) is 0 Å². The molecule has 0 atom stereocenters. The molecule has 27 heavy (non-hydrogen) atoms. The van der Waals surface area contributed by atoms with Crippen LogP contribution in [-0.2, 0) is 4.74 Å². The number of ether oxygens (including phenoxy) is 1. The molecule has 1 aliphatic carbocycles. The molecule has 0 aromatic heterocycles. The Morgan fingerprint density at radius 1 is 1.30 bits per heavy atom. The number of hydrogen-bond donors (Lipinski definition) is 1. The quantitative estimate of drug-likeness (QED) is 0.454. The number of nitrogens with one attached hydrogen (secondary N) is 1. The lowest BCUT2D eigenvalue weighted by atomic mass is 9.79. The molecule has 2 aliphatic rings. The lowest BCUT2D eigenvalue weighted by Gasteiger charge is -2.48. The van der Waals surface area contributed by atoms with E-state index in [4.69, 9.17) is 4.74 Å². The van der Waals surface area contributed by atoms with Crippen molar-refractivity contribution in [2.75, 3.05) is 39.1 Å². The van der Waals surface area contributed by atoms with E-state index in [9.17, 15) is 14.9 Å². The SMILES string of the molecule is CSc1ccc([N+](=O)[O-])c(C(=O)NCC2(N3CCOCC3)CCCCC2)c1. The van der Waals surface area contributed by atoms with E-state index < -0.39 is 4.92 Å². The largest absolute Gasteiger partial charge is 0.379 e. The minimum atomic E-state index is -0.489. The Morgan fingerprint density at radius 2 is 2.00 bits per heavy atom. The summed E-state index contributed by atoms with van der Waals surface area (Å²) in [6.45, 7) is 3.70. The molecular weight excluding hydrogens is 366 g/mol. The molecule has 1 amide bonds. The third kappa shape index (κ3) is 4.62. The summed E-state index contributed by atoms with van der Waals surface area (Å²) in [5.74, 6) is -0.365. The summed E-state index contributed by atoms with van der Waals surface area (Å²) in [4.78, 5) is 27.0. The van der Waals surface area contributed by atoms with Crippen LogP contribution < -0.4 is 5.32 Å². The van der Waals surface area contributed by atoms with Crippen molar-refractivity contribution in [1.82, 2.24) is 10.2 Å². The summed E-state index contributed by atoms with van der Waals surface area (Å²) in [7, 11) is 0. The first kappa shape index (κ1) is 20.1. The maximum atomic E-state index is 12.8. The van der Waals surface area contributed by atoms with Gasteiger partial charge in [-0.3, -0.25) is 19.8 Å². The van der Waals surface area contributed by atoms with Gasteiger partial charge in [0.15, 0.2) is 0 Å². The number of nitrogens with zero attached hydrogens (tertiary/aromatic N) is 2. The number of amides is 1. The molecular formula is C19H27N3O4S. The molecule has 1 aliphatic heterocycles. The van der Waals surface area contributed by atoms with Crippen LogP contribution in [0.5, 0.6) is 0 Å². The van der Waals surface area contributed by atoms with Gasteiger partial charge in [-0.25, -0.2) is 0 Å². The molecule has 0 radical (unpaired) electrons. The van der Waals surface area contributed by atoms with E-state index in [0.717, 1.165) is 56.9 Å². The van der Waals surface area contributed by atoms with Crippen LogP contribution in [0.3, 0.4) is 0 Å². The van der Waals surface area contributed by atoms with Crippen molar-refractivity contribution >= 4 is 23.4 Å². The molecule has 0 spiro atoms. The van der Waals surface area contributed by atoms with Crippen molar-refractivity contribution < 1.29 is 14.5 Å². The highest BCUT2D eigenvalue weighted by Gasteiger charge is 2.39. The van der Waals surface area contributed by atoms with Crippen molar-refractivity contribution in [2.24, 2.45) is 0 Å². The second kappa shape index (κ2) is 9.03. The van der Waals surface area contributed by atoms with Gasteiger partial charge in [-0.05, 0) is 31.2 Å². The lowest BCUT2D eigenvalue weighted by Crippen LogP contribution is -2.59. The average Bonchev–Trinajstić information content (AvgIpc) is 2.72. The summed E-state index contributed by atoms with van der Waals surface area (Å²) in [6, 6.07) is 4.70. The van der Waals surface area contributed by atoms with E-state index in [1.165, 1.54) is 24.2 Å². The zero-order chi connectivity index (χ0) is 19.3. The summed E-state index contributed by atoms with van der Waals surface area (Å²) in [5, 5.41) is 14.4. The summed E-state index contributed by atoms with van der Waals surface area (Å²) in [5.41, 5.74) is -0.0713. The van der Waals surface area contributed by atoms with Crippen molar-refractivity contribution in [3.05, 3.63) is 33.9 Å². The molecule has 1 N–H and O–H groups in total. The minimum Gasteiger partial charge on any atom is -0.379 e. The number of hydrogen-bond acceptors (Lipinski definition) is 6. The number of carbonyl (C=O) groups is 1. The molecule has 3 rings (SSSR count). The van der Waals surface area contributed by atoms with Crippen LogP contribution in [0.1, 0.15) is 42.5 Å². The van der Waals surface area contributed by atoms with Gasteiger partial charge in [0.25, 0.3) is 11.6 Å². The van der Waals surface area contributed by atoms with Crippen LogP contribution in [0.2, 0.25) is 0 Å². The molecule has 1 saturated carbocycles. The zero-order valence-electron chi connectivity index (χ0n) is 15.7. The normalized spacial score (nSPS) is 20.2. The molecule has 1 heterocycles. The van der Waals surface area contributed by atoms with Crippen LogP contribution in [-0.4, -0.2) is 60.4 Å². The van der Waals surface area contributed by atoms with Gasteiger partial charge in [-0.1, -0.05) is 19.3 Å². The first-order valence-electron chi connectivity index (χ1n) is 9.49. The number of nitro benzene ring substituents is 1. The number of carbonyl (C=O) groups excluding carboxylic acids is 1. The molecule has 1 aromatic carbocycles. The second-order valence-electron chi connectivity index (χ2n) is 7.21. The standard InChI is InChI=1S/C19H27N3O4S/c1-27-15-5-6-17(22(24)25)16(13-15)18(23)20-14-19(7-3-2-4-8-19)21-9-11-26-12-10-21/h5-6,13H,2-4,7-12,14H2,1H3,(H,20,23). The number of benzene rings is 1. The molecule has 7 nitrogen and oxygen atoms in total. The van der Waals surface area contributed by atoms with Gasteiger partial charge >= 0.3 is 0 Å². The Morgan fingerprint density at radius 3 is 2.63 bits per heavy atom. The van der Waals surface area contributed by atoms with Crippen LogP contribution in [0, 0.1) is 10.1 Å². The zero-order valence-corrected chi connectivity index (χ0v) is 16.6. The topological polar surface area (TPSA) is 84.7 Å². The van der Waals surface area contributed by atoms with E-state index >= 15 is 0 Å². The molecule has 148 valence electrons. The van der Waals surface area contributed by atoms with E-state index in [2.05, 4.69) is 10.2 Å². The number of nitro groups is 1. The van der Waals surface area contributed by atoms with Crippen molar-refractivity contribution in [3.8, 4) is 0 Å². The predicted octanol–water partition coefficient (Wildman–Crippen LogP) is 3.08. The fourth-order valence-corrected chi connectivity index (χ4v) is 4.62. The van der Waals surface area contributed by atoms with E-state index in [0.29, 0.717) is 6.54 Å². The highest BCUT2D eigenvalue weighted by Crippen LogP contribution is 2.34. The maximum Gasteiger partial charge on any atom is 0.282 e. The minimum absolute atomic E-state index is 0.0659. The third-order valence-corrected chi connectivity index (χ3v) is 6.41. The molecule has 0 bridgehead atoms. The average molecular weight is 394 g/mol. The van der Waals surface area contributed by atoms with E-state index in [1.807, 2.05) is 6.26 Å². The highest BCUT2D eigenvalue weighted by atomic mass is 32.2. The molecule has 1 aromatic rings. The number of thioether (sulfide) groups is 1. The van der Waals surface area contributed by atoms with Crippen molar-refractivity contribution in [1.29, 1.82) is 0 Å². The second-order valence-corrected chi connectivity index (χ2v) is 8.09. The van der Waals surface area contributed by atoms with Crippen molar-refractivity contribution in [2.45, 2.75) is 42.5 Å². The Kier molecular flexibility index (Phi) is 6.73. The Balaban J connectivity index is 1.77. The molecule has 8 heteroatoms. The smallest absolute Gasteiger partial charge is 0.282 e. The Labute approximate surface area is 164 Å². The Bertz CT molecular complexity index is 686. The highest BCUT2D eigenvalue weighted by molar-refractivity contribution is 7.98. The summed E-state index contributed by atoms with van der Waals surface area (Å²) < 4.78 is 5.49. The third-order valence-electron chi connectivity index (χ3n) is 5.69. The van der Waals surface area contributed by atoms with Gasteiger partial charge in [-0.15, -0.1) is 11.8 Å². The molecule has 0 unspecified atom stereocenters. The predicted molar refractivity (Wildman–Crippen MR) is 105 cm³/mol. The monoisotopic (exact) mass is 393 g/mol. The summed E-state index contributed by atoms with van der Waals surface area (Å²) in [6.07, 6.45) is 7.49. The van der Waals surface area contributed by atoms with Crippen LogP contribution in [0.4, 0.5) is 5.69 Å². The van der Waals surface area contributed by atoms with Gasteiger partial charge in [0.1, 0.15) is 5.56 Å². The Hall–Kier alpha value is -1.64. The van der Waals surface area contributed by atoms with Crippen LogP contribution >= 0.6 is 11.8 Å². The van der Waals surface area contributed by atoms with E-state index in [1.54, 1.807) is 12.1 Å². The first-order valence-corrected chi connectivity index (χ1v) is 10.7. The summed E-state index contributed by atoms with van der Waals surface area (Å²) >= 11 is 1.46. The maximum absolute atomic E-state index is 12.8. The van der Waals surface area contributed by atoms with E-state index in [-0.39, 0.29) is 22.7 Å². The van der Waals surface area contributed by atoms with Gasteiger partial charge in [0.05, 0.1) is 18.1 Å². The fourth-order valence-electron chi connectivity index (χ4n) is 4.18. The van der Waals surface area contributed by atoms with Gasteiger partial charge < -0.3 is 10.1 Å². The van der Waals surface area contributed by atoms with Crippen LogP contribution in [0.15, 0.2) is 23.1 Å².